The predicted molar refractivity (Wildman–Crippen MR) is 78.8 cm³/mol. The van der Waals surface area contributed by atoms with Gasteiger partial charge in [0.15, 0.2) is 0 Å². The average Bonchev–Trinajstić information content (AvgIpc) is 2.38. The van der Waals surface area contributed by atoms with Crippen molar-refractivity contribution >= 4 is 0 Å². The second-order valence-electron chi connectivity index (χ2n) is 5.04. The number of aliphatic hydroxyl groups excluding tert-OH is 1. The highest BCUT2D eigenvalue weighted by Gasteiger charge is 2.12. The Hall–Kier alpha value is -1.08. The SMILES string of the molecule is CCCC/C=C\C[C@@H](C[C@@H](C)O)c1ccccc1. The predicted octanol–water partition coefficient (Wildman–Crippen LogP) is 4.68. The van der Waals surface area contributed by atoms with Gasteiger partial charge in [-0.05, 0) is 37.7 Å². The molecule has 0 saturated heterocycles. The molecule has 1 aromatic carbocycles. The van der Waals surface area contributed by atoms with Crippen molar-refractivity contribution < 1.29 is 5.11 Å². The first kappa shape index (κ1) is 15.0. The van der Waals surface area contributed by atoms with E-state index in [0.717, 1.165) is 12.8 Å². The van der Waals surface area contributed by atoms with Gasteiger partial charge in [-0.15, -0.1) is 0 Å². The van der Waals surface area contributed by atoms with Crippen LogP contribution >= 0.6 is 0 Å². The molecule has 0 aliphatic heterocycles. The molecule has 0 fully saturated rings. The van der Waals surface area contributed by atoms with Crippen LogP contribution in [0.4, 0.5) is 0 Å². The van der Waals surface area contributed by atoms with Gasteiger partial charge < -0.3 is 5.11 Å². The minimum absolute atomic E-state index is 0.237. The highest BCUT2D eigenvalue weighted by Crippen LogP contribution is 2.25. The molecule has 100 valence electrons. The first-order valence-corrected chi connectivity index (χ1v) is 7.12. The lowest BCUT2D eigenvalue weighted by Gasteiger charge is -2.17. The van der Waals surface area contributed by atoms with Gasteiger partial charge in [-0.2, -0.15) is 0 Å². The maximum atomic E-state index is 9.60. The molecule has 0 radical (unpaired) electrons. The van der Waals surface area contributed by atoms with E-state index in [4.69, 9.17) is 0 Å². The summed E-state index contributed by atoms with van der Waals surface area (Å²) in [6.07, 6.45) is 9.87. The lowest BCUT2D eigenvalue weighted by atomic mass is 9.90. The summed E-state index contributed by atoms with van der Waals surface area (Å²) in [6, 6.07) is 10.5. The molecular weight excluding hydrogens is 220 g/mol. The second-order valence-corrected chi connectivity index (χ2v) is 5.04. The lowest BCUT2D eigenvalue weighted by Crippen LogP contribution is -2.08. The van der Waals surface area contributed by atoms with Crippen molar-refractivity contribution in [1.29, 1.82) is 0 Å². The fourth-order valence-electron chi connectivity index (χ4n) is 2.21. The quantitative estimate of drug-likeness (QED) is 0.521. The zero-order valence-electron chi connectivity index (χ0n) is 11.7. The van der Waals surface area contributed by atoms with E-state index < -0.39 is 0 Å². The van der Waals surface area contributed by atoms with Crippen molar-refractivity contribution in [2.24, 2.45) is 0 Å². The van der Waals surface area contributed by atoms with E-state index in [1.807, 2.05) is 13.0 Å². The Balaban J connectivity index is 2.54. The van der Waals surface area contributed by atoms with Crippen molar-refractivity contribution in [2.45, 2.75) is 58.0 Å². The largest absolute Gasteiger partial charge is 0.393 e. The standard InChI is InChI=1S/C17H26O/c1-3-4-5-6-8-13-17(14-15(2)18)16-11-9-7-10-12-16/h6-12,15,17-18H,3-5,13-14H2,1-2H3/b8-6-/t15-,17+/m1/s1. The van der Waals surface area contributed by atoms with Crippen LogP contribution in [0.15, 0.2) is 42.5 Å². The number of hydrogen-bond acceptors (Lipinski definition) is 1. The van der Waals surface area contributed by atoms with Gasteiger partial charge in [0.25, 0.3) is 0 Å². The molecule has 1 aromatic rings. The van der Waals surface area contributed by atoms with Crippen LogP contribution in [0.1, 0.15) is 57.4 Å². The van der Waals surface area contributed by atoms with E-state index >= 15 is 0 Å². The van der Waals surface area contributed by atoms with E-state index in [0.29, 0.717) is 5.92 Å². The van der Waals surface area contributed by atoms with Crippen LogP contribution in [0.2, 0.25) is 0 Å². The topological polar surface area (TPSA) is 20.2 Å². The third kappa shape index (κ3) is 6.02. The highest BCUT2D eigenvalue weighted by molar-refractivity contribution is 5.20. The minimum atomic E-state index is -0.237. The number of allylic oxidation sites excluding steroid dienone is 2. The molecule has 0 bridgehead atoms. The zero-order chi connectivity index (χ0) is 13.2. The van der Waals surface area contributed by atoms with E-state index in [9.17, 15) is 5.11 Å². The summed E-state index contributed by atoms with van der Waals surface area (Å²) in [4.78, 5) is 0. The Kier molecular flexibility index (Phi) is 7.43. The van der Waals surface area contributed by atoms with E-state index in [1.54, 1.807) is 0 Å². The summed E-state index contributed by atoms with van der Waals surface area (Å²) in [5, 5.41) is 9.60. The third-order valence-electron chi connectivity index (χ3n) is 3.21. The molecule has 0 aliphatic rings. The van der Waals surface area contributed by atoms with Gasteiger partial charge in [-0.3, -0.25) is 0 Å². The summed E-state index contributed by atoms with van der Waals surface area (Å²) in [7, 11) is 0. The fourth-order valence-corrected chi connectivity index (χ4v) is 2.21. The molecule has 1 heteroatoms. The number of hydrogen-bond donors (Lipinski definition) is 1. The Morgan fingerprint density at radius 2 is 1.89 bits per heavy atom. The Morgan fingerprint density at radius 1 is 1.17 bits per heavy atom. The van der Waals surface area contributed by atoms with Crippen molar-refractivity contribution in [3.63, 3.8) is 0 Å². The lowest BCUT2D eigenvalue weighted by molar-refractivity contribution is 0.174. The monoisotopic (exact) mass is 246 g/mol. The van der Waals surface area contributed by atoms with E-state index in [-0.39, 0.29) is 6.10 Å². The van der Waals surface area contributed by atoms with Gasteiger partial charge in [0.1, 0.15) is 0 Å². The summed E-state index contributed by atoms with van der Waals surface area (Å²) in [5.74, 6) is 0.434. The summed E-state index contributed by atoms with van der Waals surface area (Å²) in [6.45, 7) is 4.09. The second kappa shape index (κ2) is 8.93. The molecule has 0 aromatic heterocycles. The first-order chi connectivity index (χ1) is 8.74. The van der Waals surface area contributed by atoms with Crippen molar-refractivity contribution in [2.75, 3.05) is 0 Å². The van der Waals surface area contributed by atoms with Crippen molar-refractivity contribution in [3.05, 3.63) is 48.0 Å². The molecule has 0 unspecified atom stereocenters. The van der Waals surface area contributed by atoms with Crippen LogP contribution in [-0.4, -0.2) is 11.2 Å². The fraction of sp³-hybridized carbons (Fsp3) is 0.529. The van der Waals surface area contributed by atoms with Gasteiger partial charge in [0, 0.05) is 0 Å². The average molecular weight is 246 g/mol. The molecule has 0 saturated carbocycles. The van der Waals surface area contributed by atoms with Crippen LogP contribution in [0, 0.1) is 0 Å². The molecule has 1 nitrogen and oxygen atoms in total. The van der Waals surface area contributed by atoms with Crippen LogP contribution in [0.3, 0.4) is 0 Å². The molecule has 0 amide bonds. The number of benzene rings is 1. The van der Waals surface area contributed by atoms with Gasteiger partial charge in [-0.1, -0.05) is 62.2 Å². The van der Waals surface area contributed by atoms with Crippen molar-refractivity contribution in [3.8, 4) is 0 Å². The van der Waals surface area contributed by atoms with E-state index in [2.05, 4.69) is 43.3 Å². The van der Waals surface area contributed by atoms with Gasteiger partial charge in [-0.25, -0.2) is 0 Å². The summed E-state index contributed by atoms with van der Waals surface area (Å²) in [5.41, 5.74) is 1.33. The minimum Gasteiger partial charge on any atom is -0.393 e. The third-order valence-corrected chi connectivity index (χ3v) is 3.21. The molecule has 1 rings (SSSR count). The van der Waals surface area contributed by atoms with Gasteiger partial charge in [0.2, 0.25) is 0 Å². The Morgan fingerprint density at radius 3 is 2.50 bits per heavy atom. The number of rotatable bonds is 8. The van der Waals surface area contributed by atoms with Crippen LogP contribution in [-0.2, 0) is 0 Å². The van der Waals surface area contributed by atoms with Gasteiger partial charge >= 0.3 is 0 Å². The maximum absolute atomic E-state index is 9.60. The maximum Gasteiger partial charge on any atom is 0.0518 e. The Labute approximate surface area is 112 Å². The number of unbranched alkanes of at least 4 members (excludes halogenated alkanes) is 2. The van der Waals surface area contributed by atoms with E-state index in [1.165, 1.54) is 24.8 Å². The summed E-state index contributed by atoms with van der Waals surface area (Å²) < 4.78 is 0. The molecule has 0 heterocycles. The summed E-state index contributed by atoms with van der Waals surface area (Å²) >= 11 is 0. The molecule has 2 atom stereocenters. The Bertz CT molecular complexity index is 327. The molecule has 1 N–H and O–H groups in total. The normalized spacial score (nSPS) is 14.8. The highest BCUT2D eigenvalue weighted by atomic mass is 16.3. The van der Waals surface area contributed by atoms with Crippen LogP contribution in [0.25, 0.3) is 0 Å². The first-order valence-electron chi connectivity index (χ1n) is 7.12. The van der Waals surface area contributed by atoms with Crippen LogP contribution < -0.4 is 0 Å². The van der Waals surface area contributed by atoms with Gasteiger partial charge in [0.05, 0.1) is 6.10 Å². The molecule has 0 aliphatic carbocycles. The molecule has 18 heavy (non-hydrogen) atoms. The molecule has 0 spiro atoms. The smallest absolute Gasteiger partial charge is 0.0518 e. The zero-order valence-corrected chi connectivity index (χ0v) is 11.7. The number of aliphatic hydroxyl groups is 1. The molecular formula is C17H26O. The van der Waals surface area contributed by atoms with Crippen molar-refractivity contribution in [1.82, 2.24) is 0 Å². The van der Waals surface area contributed by atoms with Crippen LogP contribution in [0.5, 0.6) is 0 Å².